The van der Waals surface area contributed by atoms with Crippen molar-refractivity contribution in [2.75, 3.05) is 39.8 Å². The van der Waals surface area contributed by atoms with Gasteiger partial charge in [0.05, 0.1) is 6.61 Å². The maximum Gasteiger partial charge on any atom is 0.220 e. The molecule has 7 nitrogen and oxygen atoms in total. The Bertz CT molecular complexity index is 691. The number of hydrogen-bond acceptors (Lipinski definition) is 4. The molecule has 1 amide bonds. The Morgan fingerprint density at radius 2 is 2.00 bits per heavy atom. The Kier molecular flexibility index (Phi) is 13.6. The summed E-state index contributed by atoms with van der Waals surface area (Å²) in [6.07, 6.45) is 4.98. The zero-order chi connectivity index (χ0) is 21.8. The lowest BCUT2D eigenvalue weighted by molar-refractivity contribution is -0.123. The molecule has 0 aromatic heterocycles. The van der Waals surface area contributed by atoms with Crippen molar-refractivity contribution in [1.82, 2.24) is 15.5 Å². The van der Waals surface area contributed by atoms with Crippen LogP contribution in [0.5, 0.6) is 5.75 Å². The molecule has 2 rings (SSSR count). The number of carbonyl (C=O) groups excluding carboxylic acids is 1. The van der Waals surface area contributed by atoms with Crippen LogP contribution in [0.4, 0.5) is 0 Å². The smallest absolute Gasteiger partial charge is 0.220 e. The number of halogens is 1. The number of unbranched alkanes of at least 4 members (excludes halogenated alkanes) is 1. The van der Waals surface area contributed by atoms with Crippen molar-refractivity contribution < 1.29 is 9.53 Å². The highest BCUT2D eigenvalue weighted by molar-refractivity contribution is 14.0. The molecule has 1 aromatic rings. The average molecular weight is 546 g/mol. The second kappa shape index (κ2) is 15.3. The Balaban J connectivity index is 0.00000480. The third kappa shape index (κ3) is 10.1. The molecule has 0 unspecified atom stereocenters. The SMILES string of the molecule is CCCOc1cc(C)ccc1CNC(=NC)NCCCCN1CCC(C(N)=O)CC1.I. The van der Waals surface area contributed by atoms with Crippen LogP contribution in [0, 0.1) is 12.8 Å². The van der Waals surface area contributed by atoms with E-state index < -0.39 is 0 Å². The van der Waals surface area contributed by atoms with Gasteiger partial charge in [-0.2, -0.15) is 0 Å². The molecule has 176 valence electrons. The number of nitrogens with one attached hydrogen (secondary N) is 2. The molecule has 0 aliphatic carbocycles. The fourth-order valence-electron chi connectivity index (χ4n) is 3.66. The standard InChI is InChI=1S/C23H39N5O2.HI/c1-4-15-30-21-16-18(2)7-8-20(21)17-27-23(25-3)26-11-5-6-12-28-13-9-19(10-14-28)22(24)29;/h7-8,16,19H,4-6,9-15,17H2,1-3H3,(H2,24,29)(H2,25,26,27);1H. The van der Waals surface area contributed by atoms with E-state index in [4.69, 9.17) is 10.5 Å². The molecule has 1 heterocycles. The zero-order valence-electron chi connectivity index (χ0n) is 19.3. The molecule has 1 fully saturated rings. The lowest BCUT2D eigenvalue weighted by atomic mass is 9.96. The van der Waals surface area contributed by atoms with Crippen molar-refractivity contribution >= 4 is 35.8 Å². The Morgan fingerprint density at radius 1 is 1.26 bits per heavy atom. The quantitative estimate of drug-likeness (QED) is 0.172. The summed E-state index contributed by atoms with van der Waals surface area (Å²) >= 11 is 0. The number of aryl methyl sites for hydroxylation is 1. The third-order valence-electron chi connectivity index (χ3n) is 5.54. The molecule has 1 aliphatic rings. The normalized spacial score (nSPS) is 15.3. The Labute approximate surface area is 204 Å². The van der Waals surface area contributed by atoms with E-state index in [-0.39, 0.29) is 35.8 Å². The number of rotatable bonds is 11. The first-order valence-electron chi connectivity index (χ1n) is 11.2. The van der Waals surface area contributed by atoms with E-state index in [1.807, 2.05) is 0 Å². The van der Waals surface area contributed by atoms with Gasteiger partial charge in [-0.1, -0.05) is 19.1 Å². The minimum absolute atomic E-state index is 0. The molecule has 0 bridgehead atoms. The lowest BCUT2D eigenvalue weighted by Gasteiger charge is -2.30. The highest BCUT2D eigenvalue weighted by Crippen LogP contribution is 2.20. The predicted molar refractivity (Wildman–Crippen MR) is 138 cm³/mol. The van der Waals surface area contributed by atoms with Crippen molar-refractivity contribution in [3.05, 3.63) is 29.3 Å². The van der Waals surface area contributed by atoms with Crippen LogP contribution in [0.1, 0.15) is 50.2 Å². The van der Waals surface area contributed by atoms with Crippen LogP contribution >= 0.6 is 24.0 Å². The molecule has 4 N–H and O–H groups in total. The maximum atomic E-state index is 11.2. The zero-order valence-corrected chi connectivity index (χ0v) is 21.6. The van der Waals surface area contributed by atoms with Crippen LogP contribution in [0.3, 0.4) is 0 Å². The number of carbonyl (C=O) groups is 1. The second-order valence-electron chi connectivity index (χ2n) is 8.04. The number of nitrogens with two attached hydrogens (primary N) is 1. The summed E-state index contributed by atoms with van der Waals surface area (Å²) in [5.74, 6) is 1.67. The van der Waals surface area contributed by atoms with E-state index in [2.05, 4.69) is 52.6 Å². The van der Waals surface area contributed by atoms with Crippen molar-refractivity contribution in [3.63, 3.8) is 0 Å². The molecule has 1 aromatic carbocycles. The second-order valence-corrected chi connectivity index (χ2v) is 8.04. The minimum atomic E-state index is -0.146. The number of likely N-dealkylation sites (tertiary alicyclic amines) is 1. The van der Waals surface area contributed by atoms with Crippen LogP contribution in [0.15, 0.2) is 23.2 Å². The topological polar surface area (TPSA) is 92.0 Å². The monoisotopic (exact) mass is 545 g/mol. The van der Waals surface area contributed by atoms with Crippen LogP contribution in [0.25, 0.3) is 0 Å². The van der Waals surface area contributed by atoms with Crippen molar-refractivity contribution in [1.29, 1.82) is 0 Å². The summed E-state index contributed by atoms with van der Waals surface area (Å²) in [6.45, 7) is 9.49. The summed E-state index contributed by atoms with van der Waals surface area (Å²) in [4.78, 5) is 18.0. The summed E-state index contributed by atoms with van der Waals surface area (Å²) in [6, 6.07) is 6.31. The lowest BCUT2D eigenvalue weighted by Crippen LogP contribution is -2.39. The van der Waals surface area contributed by atoms with Crippen LogP contribution in [-0.4, -0.2) is 56.6 Å². The van der Waals surface area contributed by atoms with Gasteiger partial charge in [0.25, 0.3) is 0 Å². The van der Waals surface area contributed by atoms with Gasteiger partial charge >= 0.3 is 0 Å². The van der Waals surface area contributed by atoms with Crippen molar-refractivity contribution in [3.8, 4) is 5.75 Å². The molecule has 0 spiro atoms. The molecule has 0 saturated carbocycles. The van der Waals surface area contributed by atoms with E-state index >= 15 is 0 Å². The van der Waals surface area contributed by atoms with E-state index in [0.717, 1.165) is 82.2 Å². The first-order valence-corrected chi connectivity index (χ1v) is 11.2. The van der Waals surface area contributed by atoms with Crippen LogP contribution in [-0.2, 0) is 11.3 Å². The molecular weight excluding hydrogens is 505 g/mol. The molecule has 8 heteroatoms. The van der Waals surface area contributed by atoms with Gasteiger partial charge in [0.15, 0.2) is 5.96 Å². The maximum absolute atomic E-state index is 11.2. The number of aliphatic imine (C=N–C) groups is 1. The summed E-state index contributed by atoms with van der Waals surface area (Å²) < 4.78 is 5.89. The number of hydrogen-bond donors (Lipinski definition) is 3. The minimum Gasteiger partial charge on any atom is -0.493 e. The fourth-order valence-corrected chi connectivity index (χ4v) is 3.66. The highest BCUT2D eigenvalue weighted by atomic mass is 127. The first-order chi connectivity index (χ1) is 14.5. The van der Waals surface area contributed by atoms with Crippen LogP contribution in [0.2, 0.25) is 0 Å². The number of amides is 1. The molecule has 1 aliphatic heterocycles. The number of ether oxygens (including phenoxy) is 1. The Hall–Kier alpha value is -1.55. The fraction of sp³-hybridized carbons (Fsp3) is 0.652. The van der Waals surface area contributed by atoms with Gasteiger partial charge in [-0.15, -0.1) is 24.0 Å². The summed E-state index contributed by atoms with van der Waals surface area (Å²) in [5.41, 5.74) is 7.74. The molecule has 0 atom stereocenters. The van der Waals surface area contributed by atoms with Gasteiger partial charge in [-0.3, -0.25) is 9.79 Å². The predicted octanol–water partition coefficient (Wildman–Crippen LogP) is 3.04. The highest BCUT2D eigenvalue weighted by Gasteiger charge is 2.22. The number of piperidine rings is 1. The van der Waals surface area contributed by atoms with Crippen molar-refractivity contribution in [2.45, 2.75) is 52.5 Å². The number of guanidine groups is 1. The molecule has 1 saturated heterocycles. The van der Waals surface area contributed by atoms with Crippen molar-refractivity contribution in [2.24, 2.45) is 16.6 Å². The van der Waals surface area contributed by atoms with E-state index in [9.17, 15) is 4.79 Å². The molecule has 31 heavy (non-hydrogen) atoms. The van der Waals surface area contributed by atoms with Gasteiger partial charge in [-0.05, 0) is 70.3 Å². The average Bonchev–Trinajstić information content (AvgIpc) is 2.75. The van der Waals surface area contributed by atoms with Gasteiger partial charge in [-0.25, -0.2) is 0 Å². The first kappa shape index (κ1) is 27.5. The van der Waals surface area contributed by atoms with Gasteiger partial charge in [0, 0.05) is 31.6 Å². The van der Waals surface area contributed by atoms with E-state index in [1.54, 1.807) is 7.05 Å². The largest absolute Gasteiger partial charge is 0.493 e. The summed E-state index contributed by atoms with van der Waals surface area (Å²) in [7, 11) is 1.79. The molecular formula is C23H40IN5O2. The Morgan fingerprint density at radius 3 is 2.65 bits per heavy atom. The van der Waals surface area contributed by atoms with Gasteiger partial charge in [0.2, 0.25) is 5.91 Å². The third-order valence-corrected chi connectivity index (χ3v) is 5.54. The van der Waals surface area contributed by atoms with E-state index in [1.165, 1.54) is 5.56 Å². The van der Waals surface area contributed by atoms with E-state index in [0.29, 0.717) is 6.54 Å². The number of benzene rings is 1. The molecule has 0 radical (unpaired) electrons. The van der Waals surface area contributed by atoms with Gasteiger partial charge < -0.3 is 26.0 Å². The van der Waals surface area contributed by atoms with Gasteiger partial charge in [0.1, 0.15) is 5.75 Å². The summed E-state index contributed by atoms with van der Waals surface area (Å²) in [5, 5.41) is 6.77. The number of nitrogens with zero attached hydrogens (tertiary/aromatic N) is 2. The number of primary amides is 1. The van der Waals surface area contributed by atoms with Crippen LogP contribution < -0.4 is 21.1 Å².